The maximum Gasteiger partial charge on any atom is 0.277 e. The minimum absolute atomic E-state index is 0.159. The van der Waals surface area contributed by atoms with E-state index in [-0.39, 0.29) is 11.7 Å². The number of nitrogens with zero attached hydrogens (tertiary/aromatic N) is 2. The molecule has 0 aliphatic rings. The van der Waals surface area contributed by atoms with Crippen LogP contribution in [0.25, 0.3) is 11.5 Å². The Balaban J connectivity index is 1.56. The lowest BCUT2D eigenvalue weighted by Crippen LogP contribution is -2.13. The van der Waals surface area contributed by atoms with Crippen molar-refractivity contribution in [3.63, 3.8) is 0 Å². The molecule has 3 rings (SSSR count). The molecule has 8 heteroatoms. The van der Waals surface area contributed by atoms with Gasteiger partial charge in [0.05, 0.1) is 20.0 Å². The average Bonchev–Trinajstić information content (AvgIpc) is 3.16. The predicted molar refractivity (Wildman–Crippen MR) is 98.6 cm³/mol. The molecule has 1 N–H and O–H groups in total. The Bertz CT molecular complexity index is 880. The second-order valence-electron chi connectivity index (χ2n) is 5.17. The molecule has 0 atom stereocenters. The monoisotopic (exact) mass is 371 g/mol. The van der Waals surface area contributed by atoms with E-state index in [0.717, 1.165) is 11.3 Å². The fourth-order valence-electron chi connectivity index (χ4n) is 2.14. The van der Waals surface area contributed by atoms with Crippen LogP contribution < -0.4 is 14.8 Å². The molecule has 0 radical (unpaired) electrons. The number of methoxy groups -OCH3 is 2. The molecule has 0 bridgehead atoms. The lowest BCUT2D eigenvalue weighted by atomic mass is 10.2. The van der Waals surface area contributed by atoms with Crippen LogP contribution in [0.2, 0.25) is 0 Å². The van der Waals surface area contributed by atoms with Crippen molar-refractivity contribution in [2.24, 2.45) is 0 Å². The number of hydrogen-bond donors (Lipinski definition) is 1. The van der Waals surface area contributed by atoms with Crippen LogP contribution in [0.4, 0.5) is 5.69 Å². The number of aromatic nitrogens is 2. The first-order valence-corrected chi connectivity index (χ1v) is 8.71. The van der Waals surface area contributed by atoms with E-state index in [1.54, 1.807) is 44.6 Å². The fourth-order valence-corrected chi connectivity index (χ4v) is 2.70. The SMILES string of the molecule is COc1ccc(NC(=O)CSc2nnc(-c3cccc(OC)c3)o2)cc1. The first kappa shape index (κ1) is 17.8. The zero-order chi connectivity index (χ0) is 18.4. The molecule has 1 heterocycles. The third-order valence-corrected chi connectivity index (χ3v) is 4.24. The van der Waals surface area contributed by atoms with E-state index in [4.69, 9.17) is 13.9 Å². The first-order valence-electron chi connectivity index (χ1n) is 7.72. The van der Waals surface area contributed by atoms with Gasteiger partial charge in [0.15, 0.2) is 0 Å². The smallest absolute Gasteiger partial charge is 0.277 e. The molecule has 0 spiro atoms. The summed E-state index contributed by atoms with van der Waals surface area (Å²) in [6.45, 7) is 0. The van der Waals surface area contributed by atoms with Gasteiger partial charge < -0.3 is 19.2 Å². The summed E-state index contributed by atoms with van der Waals surface area (Å²) in [4.78, 5) is 12.0. The van der Waals surface area contributed by atoms with E-state index in [1.165, 1.54) is 11.8 Å². The summed E-state index contributed by atoms with van der Waals surface area (Å²) in [6, 6.07) is 14.4. The molecule has 0 saturated carbocycles. The number of thioether (sulfide) groups is 1. The number of hydrogen-bond acceptors (Lipinski definition) is 7. The number of benzene rings is 2. The van der Waals surface area contributed by atoms with Crippen LogP contribution in [0, 0.1) is 0 Å². The van der Waals surface area contributed by atoms with Crippen molar-refractivity contribution >= 4 is 23.4 Å². The molecule has 7 nitrogen and oxygen atoms in total. The van der Waals surface area contributed by atoms with Crippen molar-refractivity contribution in [2.75, 3.05) is 25.3 Å². The van der Waals surface area contributed by atoms with Crippen molar-refractivity contribution in [2.45, 2.75) is 5.22 Å². The van der Waals surface area contributed by atoms with E-state index >= 15 is 0 Å². The molecular weight excluding hydrogens is 354 g/mol. The molecule has 0 saturated heterocycles. The molecule has 0 aliphatic carbocycles. The topological polar surface area (TPSA) is 86.5 Å². The van der Waals surface area contributed by atoms with Gasteiger partial charge in [-0.25, -0.2) is 0 Å². The number of rotatable bonds is 7. The summed E-state index contributed by atoms with van der Waals surface area (Å²) in [5.41, 5.74) is 1.45. The Morgan fingerprint density at radius 1 is 1.08 bits per heavy atom. The minimum Gasteiger partial charge on any atom is -0.497 e. The summed E-state index contributed by atoms with van der Waals surface area (Å²) in [5, 5.41) is 11.1. The Morgan fingerprint density at radius 2 is 1.85 bits per heavy atom. The standard InChI is InChI=1S/C18H17N3O4S/c1-23-14-8-6-13(7-9-14)19-16(22)11-26-18-21-20-17(25-18)12-4-3-5-15(10-12)24-2/h3-10H,11H2,1-2H3,(H,19,22). The molecule has 1 aromatic heterocycles. The van der Waals surface area contributed by atoms with Crippen molar-refractivity contribution in [1.29, 1.82) is 0 Å². The number of amides is 1. The van der Waals surface area contributed by atoms with Crippen LogP contribution in [0.5, 0.6) is 11.5 Å². The molecule has 0 fully saturated rings. The van der Waals surface area contributed by atoms with Crippen LogP contribution in [-0.2, 0) is 4.79 Å². The number of carbonyl (C=O) groups is 1. The Morgan fingerprint density at radius 3 is 2.58 bits per heavy atom. The van der Waals surface area contributed by atoms with Crippen LogP contribution in [0.1, 0.15) is 0 Å². The molecular formula is C18H17N3O4S. The van der Waals surface area contributed by atoms with Crippen LogP contribution in [0.15, 0.2) is 58.2 Å². The third-order valence-electron chi connectivity index (χ3n) is 3.42. The average molecular weight is 371 g/mol. The maximum atomic E-state index is 12.0. The Kier molecular flexibility index (Phi) is 5.75. The highest BCUT2D eigenvalue weighted by atomic mass is 32.2. The van der Waals surface area contributed by atoms with Gasteiger partial charge in [0, 0.05) is 11.3 Å². The highest BCUT2D eigenvalue weighted by Crippen LogP contribution is 2.26. The normalized spacial score (nSPS) is 10.4. The quantitative estimate of drug-likeness (QED) is 0.636. The van der Waals surface area contributed by atoms with Gasteiger partial charge in [-0.1, -0.05) is 17.8 Å². The van der Waals surface area contributed by atoms with Crippen LogP contribution in [-0.4, -0.2) is 36.1 Å². The number of ether oxygens (including phenoxy) is 2. The van der Waals surface area contributed by atoms with E-state index in [2.05, 4.69) is 15.5 Å². The lowest BCUT2D eigenvalue weighted by molar-refractivity contribution is -0.113. The van der Waals surface area contributed by atoms with Crippen molar-refractivity contribution < 1.29 is 18.7 Å². The van der Waals surface area contributed by atoms with Crippen LogP contribution in [0.3, 0.4) is 0 Å². The van der Waals surface area contributed by atoms with Gasteiger partial charge in [-0.05, 0) is 42.5 Å². The lowest BCUT2D eigenvalue weighted by Gasteiger charge is -2.05. The minimum atomic E-state index is -0.165. The van der Waals surface area contributed by atoms with Crippen LogP contribution >= 0.6 is 11.8 Å². The summed E-state index contributed by atoms with van der Waals surface area (Å²) < 4.78 is 15.8. The number of nitrogens with one attached hydrogen (secondary N) is 1. The maximum absolute atomic E-state index is 12.0. The zero-order valence-corrected chi connectivity index (χ0v) is 15.1. The van der Waals surface area contributed by atoms with Gasteiger partial charge >= 0.3 is 0 Å². The van der Waals surface area contributed by atoms with Gasteiger partial charge in [0.2, 0.25) is 11.8 Å². The van der Waals surface area contributed by atoms with Gasteiger partial charge in [0.25, 0.3) is 5.22 Å². The Hall–Kier alpha value is -3.00. The van der Waals surface area contributed by atoms with Gasteiger partial charge in [-0.2, -0.15) is 0 Å². The number of carbonyl (C=O) groups excluding carboxylic acids is 1. The summed E-state index contributed by atoms with van der Waals surface area (Å²) in [5.74, 6) is 1.80. The molecule has 134 valence electrons. The molecule has 1 amide bonds. The summed E-state index contributed by atoms with van der Waals surface area (Å²) in [6.07, 6.45) is 0. The highest BCUT2D eigenvalue weighted by molar-refractivity contribution is 7.99. The molecule has 2 aromatic carbocycles. The Labute approximate surface area is 154 Å². The van der Waals surface area contributed by atoms with Crippen molar-refractivity contribution in [1.82, 2.24) is 10.2 Å². The van der Waals surface area contributed by atoms with Crippen molar-refractivity contribution in [3.8, 4) is 23.0 Å². The van der Waals surface area contributed by atoms with E-state index in [0.29, 0.717) is 22.6 Å². The molecule has 3 aromatic rings. The summed E-state index contributed by atoms with van der Waals surface area (Å²) >= 11 is 1.17. The predicted octanol–water partition coefficient (Wildman–Crippen LogP) is 3.48. The number of anilines is 1. The third kappa shape index (κ3) is 4.54. The van der Waals surface area contributed by atoms with E-state index < -0.39 is 0 Å². The summed E-state index contributed by atoms with van der Waals surface area (Å²) in [7, 11) is 3.18. The van der Waals surface area contributed by atoms with E-state index in [9.17, 15) is 4.79 Å². The fraction of sp³-hybridized carbons (Fsp3) is 0.167. The van der Waals surface area contributed by atoms with E-state index in [1.807, 2.05) is 18.2 Å². The molecule has 0 unspecified atom stereocenters. The zero-order valence-electron chi connectivity index (χ0n) is 14.3. The van der Waals surface area contributed by atoms with Gasteiger partial charge in [-0.15, -0.1) is 10.2 Å². The van der Waals surface area contributed by atoms with Gasteiger partial charge in [-0.3, -0.25) is 4.79 Å². The largest absolute Gasteiger partial charge is 0.497 e. The second kappa shape index (κ2) is 8.39. The van der Waals surface area contributed by atoms with Gasteiger partial charge in [0.1, 0.15) is 11.5 Å². The van der Waals surface area contributed by atoms with Crippen molar-refractivity contribution in [3.05, 3.63) is 48.5 Å². The molecule has 0 aliphatic heterocycles. The first-order chi connectivity index (χ1) is 12.7. The molecule has 26 heavy (non-hydrogen) atoms. The highest BCUT2D eigenvalue weighted by Gasteiger charge is 2.12. The second-order valence-corrected chi connectivity index (χ2v) is 6.10.